The molecule has 2 aromatic rings. The molecule has 2 aromatic carbocycles. The third-order valence-corrected chi connectivity index (χ3v) is 3.92. The Balaban J connectivity index is 2.14. The van der Waals surface area contributed by atoms with Gasteiger partial charge in [0.05, 0.1) is 22.2 Å². The van der Waals surface area contributed by atoms with Crippen LogP contribution in [0.4, 0.5) is 5.69 Å². The van der Waals surface area contributed by atoms with Gasteiger partial charge in [-0.1, -0.05) is 33.6 Å². The van der Waals surface area contributed by atoms with E-state index >= 15 is 0 Å². The number of amides is 1. The highest BCUT2D eigenvalue weighted by Gasteiger charge is 2.09. The largest absolute Gasteiger partial charge is 0.381 e. The summed E-state index contributed by atoms with van der Waals surface area (Å²) in [5.74, 6) is -0.226. The molecule has 0 aromatic heterocycles. The van der Waals surface area contributed by atoms with Gasteiger partial charge in [-0.15, -0.1) is 0 Å². The first kappa shape index (κ1) is 16.3. The van der Waals surface area contributed by atoms with E-state index in [0.717, 1.165) is 15.7 Å². The SMILES string of the molecule is CNC(=O)c1ccc(NCc2ccc(Br)cc2C#N)cc1Cl. The minimum Gasteiger partial charge on any atom is -0.381 e. The van der Waals surface area contributed by atoms with Gasteiger partial charge in [0, 0.05) is 23.8 Å². The molecule has 0 unspecified atom stereocenters. The quantitative estimate of drug-likeness (QED) is 0.847. The fraction of sp³-hybridized carbons (Fsp3) is 0.125. The average Bonchev–Trinajstić information content (AvgIpc) is 2.53. The lowest BCUT2D eigenvalue weighted by Gasteiger charge is -2.10. The summed E-state index contributed by atoms with van der Waals surface area (Å²) in [5.41, 5.74) is 2.70. The molecule has 2 N–H and O–H groups in total. The van der Waals surface area contributed by atoms with Crippen molar-refractivity contribution in [3.63, 3.8) is 0 Å². The number of nitrogens with zero attached hydrogens (tertiary/aromatic N) is 1. The normalized spacial score (nSPS) is 9.91. The van der Waals surface area contributed by atoms with Crippen LogP contribution in [0.25, 0.3) is 0 Å². The maximum Gasteiger partial charge on any atom is 0.252 e. The summed E-state index contributed by atoms with van der Waals surface area (Å²) in [5, 5.41) is 15.3. The first-order valence-corrected chi connectivity index (χ1v) is 7.66. The highest BCUT2D eigenvalue weighted by atomic mass is 79.9. The van der Waals surface area contributed by atoms with Crippen molar-refractivity contribution in [1.29, 1.82) is 5.26 Å². The number of nitrogens with one attached hydrogen (secondary N) is 2. The lowest BCUT2D eigenvalue weighted by atomic mass is 10.1. The number of hydrogen-bond acceptors (Lipinski definition) is 3. The Morgan fingerprint density at radius 1 is 1.32 bits per heavy atom. The summed E-state index contributed by atoms with van der Waals surface area (Å²) >= 11 is 9.45. The van der Waals surface area contributed by atoms with E-state index in [2.05, 4.69) is 32.6 Å². The van der Waals surface area contributed by atoms with Gasteiger partial charge in [0.1, 0.15) is 0 Å². The second-order valence-electron chi connectivity index (χ2n) is 4.54. The van der Waals surface area contributed by atoms with Gasteiger partial charge in [-0.25, -0.2) is 0 Å². The molecule has 0 aliphatic rings. The van der Waals surface area contributed by atoms with E-state index in [1.165, 1.54) is 0 Å². The molecule has 0 aliphatic heterocycles. The predicted octanol–water partition coefficient (Wildman–Crippen LogP) is 3.95. The second kappa shape index (κ2) is 7.30. The second-order valence-corrected chi connectivity index (χ2v) is 5.86. The van der Waals surface area contributed by atoms with E-state index in [4.69, 9.17) is 16.9 Å². The van der Waals surface area contributed by atoms with Crippen molar-refractivity contribution in [3.05, 3.63) is 62.6 Å². The Hall–Kier alpha value is -2.03. The summed E-state index contributed by atoms with van der Waals surface area (Å²) in [4.78, 5) is 11.6. The molecule has 0 radical (unpaired) electrons. The highest BCUT2D eigenvalue weighted by Crippen LogP contribution is 2.22. The van der Waals surface area contributed by atoms with E-state index < -0.39 is 0 Å². The Labute approximate surface area is 142 Å². The van der Waals surface area contributed by atoms with Gasteiger partial charge in [0.25, 0.3) is 5.91 Å². The van der Waals surface area contributed by atoms with Gasteiger partial charge in [-0.2, -0.15) is 5.26 Å². The first-order chi connectivity index (χ1) is 10.5. The molecule has 6 heteroatoms. The van der Waals surface area contributed by atoms with E-state index in [1.54, 1.807) is 31.3 Å². The zero-order valence-corrected chi connectivity index (χ0v) is 14.1. The molecule has 0 aliphatic carbocycles. The van der Waals surface area contributed by atoms with Crippen LogP contribution in [0.3, 0.4) is 0 Å². The van der Waals surface area contributed by atoms with Crippen molar-refractivity contribution in [3.8, 4) is 6.07 Å². The van der Waals surface area contributed by atoms with E-state index in [1.807, 2.05) is 12.1 Å². The first-order valence-electron chi connectivity index (χ1n) is 6.49. The molecular weight excluding hydrogens is 366 g/mol. The van der Waals surface area contributed by atoms with Crippen molar-refractivity contribution in [2.75, 3.05) is 12.4 Å². The number of anilines is 1. The fourth-order valence-corrected chi connectivity index (χ4v) is 2.58. The van der Waals surface area contributed by atoms with Crippen LogP contribution in [-0.2, 0) is 6.54 Å². The maximum atomic E-state index is 11.6. The average molecular weight is 379 g/mol. The van der Waals surface area contributed by atoms with Crippen LogP contribution in [0.1, 0.15) is 21.5 Å². The summed E-state index contributed by atoms with van der Waals surface area (Å²) in [6.07, 6.45) is 0. The van der Waals surface area contributed by atoms with Crippen molar-refractivity contribution < 1.29 is 4.79 Å². The Kier molecular flexibility index (Phi) is 5.42. The van der Waals surface area contributed by atoms with Gasteiger partial charge in [-0.3, -0.25) is 4.79 Å². The third-order valence-electron chi connectivity index (χ3n) is 3.12. The maximum absolute atomic E-state index is 11.6. The molecule has 2 rings (SSSR count). The molecule has 1 amide bonds. The standard InChI is InChI=1S/C16H13BrClN3O/c1-20-16(22)14-5-4-13(7-15(14)18)21-9-10-2-3-12(17)6-11(10)8-19/h2-7,21H,9H2,1H3,(H,20,22). The number of nitriles is 1. The summed E-state index contributed by atoms with van der Waals surface area (Å²) in [7, 11) is 1.56. The van der Waals surface area contributed by atoms with Gasteiger partial charge >= 0.3 is 0 Å². The minimum absolute atomic E-state index is 0.226. The van der Waals surface area contributed by atoms with Crippen LogP contribution in [-0.4, -0.2) is 13.0 Å². The highest BCUT2D eigenvalue weighted by molar-refractivity contribution is 9.10. The monoisotopic (exact) mass is 377 g/mol. The number of carbonyl (C=O) groups excluding carboxylic acids is 1. The lowest BCUT2D eigenvalue weighted by Crippen LogP contribution is -2.18. The van der Waals surface area contributed by atoms with Crippen molar-refractivity contribution in [1.82, 2.24) is 5.32 Å². The van der Waals surface area contributed by atoms with Crippen molar-refractivity contribution in [2.24, 2.45) is 0 Å². The Morgan fingerprint density at radius 2 is 2.09 bits per heavy atom. The summed E-state index contributed by atoms with van der Waals surface area (Å²) < 4.78 is 0.866. The molecule has 112 valence electrons. The molecule has 22 heavy (non-hydrogen) atoms. The zero-order valence-electron chi connectivity index (χ0n) is 11.8. The fourth-order valence-electron chi connectivity index (χ4n) is 1.95. The number of hydrogen-bond donors (Lipinski definition) is 2. The van der Waals surface area contributed by atoms with Gasteiger partial charge in [-0.05, 0) is 35.9 Å². The zero-order chi connectivity index (χ0) is 16.1. The van der Waals surface area contributed by atoms with Crippen molar-refractivity contribution >= 4 is 39.1 Å². The molecule has 0 saturated heterocycles. The number of halogens is 2. The van der Waals surface area contributed by atoms with E-state index in [9.17, 15) is 4.79 Å². The number of carbonyl (C=O) groups is 1. The molecule has 0 bridgehead atoms. The molecular formula is C16H13BrClN3O. The van der Waals surface area contributed by atoms with Crippen LogP contribution < -0.4 is 10.6 Å². The van der Waals surface area contributed by atoms with Gasteiger partial charge in [0.2, 0.25) is 0 Å². The molecule has 0 fully saturated rings. The van der Waals surface area contributed by atoms with Gasteiger partial charge < -0.3 is 10.6 Å². The van der Waals surface area contributed by atoms with Crippen LogP contribution in [0.2, 0.25) is 5.02 Å². The number of benzene rings is 2. The molecule has 0 spiro atoms. The van der Waals surface area contributed by atoms with Crippen molar-refractivity contribution in [2.45, 2.75) is 6.54 Å². The molecule has 4 nitrogen and oxygen atoms in total. The van der Waals surface area contributed by atoms with Crippen LogP contribution in [0, 0.1) is 11.3 Å². The molecule has 0 atom stereocenters. The number of rotatable bonds is 4. The lowest BCUT2D eigenvalue weighted by molar-refractivity contribution is 0.0963. The summed E-state index contributed by atoms with van der Waals surface area (Å²) in [6, 6.07) is 12.9. The van der Waals surface area contributed by atoms with Crippen LogP contribution in [0.5, 0.6) is 0 Å². The molecule has 0 saturated carbocycles. The topological polar surface area (TPSA) is 64.9 Å². The smallest absolute Gasteiger partial charge is 0.252 e. The predicted molar refractivity (Wildman–Crippen MR) is 91.0 cm³/mol. The van der Waals surface area contributed by atoms with Gasteiger partial charge in [0.15, 0.2) is 0 Å². The van der Waals surface area contributed by atoms with E-state index in [0.29, 0.717) is 22.7 Å². The molecule has 0 heterocycles. The van der Waals surface area contributed by atoms with Crippen LogP contribution in [0.15, 0.2) is 40.9 Å². The minimum atomic E-state index is -0.226. The van der Waals surface area contributed by atoms with Crippen LogP contribution >= 0.6 is 27.5 Å². The summed E-state index contributed by atoms with van der Waals surface area (Å²) in [6.45, 7) is 0.492. The Morgan fingerprint density at radius 3 is 2.73 bits per heavy atom. The Bertz CT molecular complexity index is 756. The third kappa shape index (κ3) is 3.79. The van der Waals surface area contributed by atoms with E-state index in [-0.39, 0.29) is 5.91 Å².